The molecule has 6 heteroatoms. The lowest BCUT2D eigenvalue weighted by Crippen LogP contribution is -2.38. The zero-order chi connectivity index (χ0) is 18.6. The van der Waals surface area contributed by atoms with E-state index in [-0.39, 0.29) is 30.3 Å². The molecule has 0 saturated carbocycles. The first kappa shape index (κ1) is 22.1. The maximum Gasteiger partial charge on any atom is 0.222 e. The Bertz CT molecular complexity index is 732. The summed E-state index contributed by atoms with van der Waals surface area (Å²) in [5, 5.41) is 2.85. The van der Waals surface area contributed by atoms with Crippen molar-refractivity contribution < 1.29 is 13.6 Å². The summed E-state index contributed by atoms with van der Waals surface area (Å²) in [5.74, 6) is -1.60. The molecule has 0 heterocycles. The second-order valence-electron chi connectivity index (χ2n) is 7.25. The van der Waals surface area contributed by atoms with Crippen LogP contribution in [0.15, 0.2) is 48.5 Å². The highest BCUT2D eigenvalue weighted by Gasteiger charge is 2.30. The molecule has 2 aromatic carbocycles. The van der Waals surface area contributed by atoms with Gasteiger partial charge in [0.15, 0.2) is 0 Å². The molecule has 0 saturated heterocycles. The predicted molar refractivity (Wildman–Crippen MR) is 102 cm³/mol. The average Bonchev–Trinajstić information content (AvgIpc) is 2.53. The molecule has 142 valence electrons. The number of benzene rings is 2. The topological polar surface area (TPSA) is 55.1 Å². The fraction of sp³-hybridized carbons (Fsp3) is 0.350. The molecule has 0 aliphatic heterocycles. The van der Waals surface area contributed by atoms with E-state index in [2.05, 4.69) is 5.32 Å². The zero-order valence-electron chi connectivity index (χ0n) is 15.1. The van der Waals surface area contributed by atoms with Crippen LogP contribution in [0.4, 0.5) is 8.78 Å². The number of nitrogens with two attached hydrogens (primary N) is 1. The number of carbonyl (C=O) groups excluding carboxylic acids is 1. The van der Waals surface area contributed by atoms with Crippen molar-refractivity contribution in [2.24, 2.45) is 11.1 Å². The zero-order valence-corrected chi connectivity index (χ0v) is 15.9. The number of carbonyl (C=O) groups is 1. The van der Waals surface area contributed by atoms with Crippen molar-refractivity contribution in [2.75, 3.05) is 0 Å². The molecule has 0 aromatic heterocycles. The van der Waals surface area contributed by atoms with Crippen LogP contribution in [0.2, 0.25) is 0 Å². The van der Waals surface area contributed by atoms with Gasteiger partial charge in [0.2, 0.25) is 5.91 Å². The number of nitrogens with one attached hydrogen (secondary N) is 1. The van der Waals surface area contributed by atoms with Gasteiger partial charge in [-0.25, -0.2) is 8.78 Å². The van der Waals surface area contributed by atoms with Crippen LogP contribution in [0.25, 0.3) is 0 Å². The van der Waals surface area contributed by atoms with Gasteiger partial charge in [0.1, 0.15) is 11.6 Å². The summed E-state index contributed by atoms with van der Waals surface area (Å²) in [6, 6.07) is 11.7. The molecule has 2 aromatic rings. The normalized spacial score (nSPS) is 13.5. The molecule has 3 nitrogen and oxygen atoms in total. The van der Waals surface area contributed by atoms with Gasteiger partial charge in [-0.3, -0.25) is 4.79 Å². The van der Waals surface area contributed by atoms with E-state index in [0.29, 0.717) is 0 Å². The Kier molecular flexibility index (Phi) is 7.72. The maximum absolute atomic E-state index is 14.2. The SMILES string of the molecule is CC(C)(C)C(NC(=O)CC(N)c1ccccc1)c1ccc(F)cc1F.Cl. The number of hydrogen-bond acceptors (Lipinski definition) is 2. The molecule has 2 unspecified atom stereocenters. The van der Waals surface area contributed by atoms with E-state index in [0.717, 1.165) is 11.6 Å². The minimum absolute atomic E-state index is 0. The first-order valence-corrected chi connectivity index (χ1v) is 8.23. The molecule has 0 radical (unpaired) electrons. The first-order valence-electron chi connectivity index (χ1n) is 8.23. The van der Waals surface area contributed by atoms with Gasteiger partial charge in [-0.2, -0.15) is 0 Å². The third-order valence-corrected chi connectivity index (χ3v) is 4.08. The van der Waals surface area contributed by atoms with E-state index < -0.39 is 29.1 Å². The lowest BCUT2D eigenvalue weighted by molar-refractivity contribution is -0.123. The van der Waals surface area contributed by atoms with Crippen molar-refractivity contribution in [1.82, 2.24) is 5.32 Å². The van der Waals surface area contributed by atoms with Crippen LogP contribution >= 0.6 is 12.4 Å². The van der Waals surface area contributed by atoms with Gasteiger partial charge in [-0.15, -0.1) is 12.4 Å². The standard InChI is InChI=1S/C20H24F2N2O.ClH/c1-20(2,3)19(15-10-9-14(21)11-16(15)22)24-18(25)12-17(23)13-7-5-4-6-8-13;/h4-11,17,19H,12,23H2,1-3H3,(H,24,25);1H. The molecule has 0 aliphatic carbocycles. The molecule has 2 atom stereocenters. The van der Waals surface area contributed by atoms with Gasteiger partial charge in [0, 0.05) is 24.1 Å². The Balaban J connectivity index is 0.00000338. The number of hydrogen-bond donors (Lipinski definition) is 2. The van der Waals surface area contributed by atoms with Crippen LogP contribution in [0, 0.1) is 17.0 Å². The molecule has 3 N–H and O–H groups in total. The summed E-state index contributed by atoms with van der Waals surface area (Å²) in [7, 11) is 0. The second kappa shape index (κ2) is 9.10. The fourth-order valence-electron chi connectivity index (χ4n) is 2.73. The van der Waals surface area contributed by atoms with Gasteiger partial charge in [0.05, 0.1) is 6.04 Å². The highest BCUT2D eigenvalue weighted by molar-refractivity contribution is 5.85. The molecule has 0 spiro atoms. The molecule has 0 bridgehead atoms. The van der Waals surface area contributed by atoms with Crippen molar-refractivity contribution in [3.63, 3.8) is 0 Å². The summed E-state index contributed by atoms with van der Waals surface area (Å²) in [4.78, 5) is 12.4. The summed E-state index contributed by atoms with van der Waals surface area (Å²) in [6.07, 6.45) is 0.0827. The summed E-state index contributed by atoms with van der Waals surface area (Å²) in [5.41, 5.74) is 6.75. The van der Waals surface area contributed by atoms with Gasteiger partial charge in [-0.1, -0.05) is 57.2 Å². The van der Waals surface area contributed by atoms with Crippen LogP contribution in [-0.2, 0) is 4.79 Å². The molecular weight excluding hydrogens is 358 g/mol. The van der Waals surface area contributed by atoms with Crippen molar-refractivity contribution in [3.8, 4) is 0 Å². The van der Waals surface area contributed by atoms with Gasteiger partial charge < -0.3 is 11.1 Å². The van der Waals surface area contributed by atoms with Crippen LogP contribution in [0.1, 0.15) is 50.4 Å². The van der Waals surface area contributed by atoms with Crippen LogP contribution in [0.5, 0.6) is 0 Å². The number of amides is 1. The van der Waals surface area contributed by atoms with Crippen molar-refractivity contribution >= 4 is 18.3 Å². The molecule has 0 fully saturated rings. The minimum Gasteiger partial charge on any atom is -0.349 e. The Hall–Kier alpha value is -1.98. The number of halogens is 3. The quantitative estimate of drug-likeness (QED) is 0.788. The summed E-state index contributed by atoms with van der Waals surface area (Å²) < 4.78 is 27.4. The average molecular weight is 383 g/mol. The van der Waals surface area contributed by atoms with E-state index in [4.69, 9.17) is 5.73 Å². The van der Waals surface area contributed by atoms with Gasteiger partial charge in [-0.05, 0) is 17.0 Å². The predicted octanol–water partition coefficient (Wildman–Crippen LogP) is 4.68. The maximum atomic E-state index is 14.2. The summed E-state index contributed by atoms with van der Waals surface area (Å²) in [6.45, 7) is 5.66. The molecule has 1 amide bonds. The van der Waals surface area contributed by atoms with Crippen LogP contribution in [-0.4, -0.2) is 5.91 Å². The Morgan fingerprint density at radius 2 is 1.73 bits per heavy atom. The van der Waals surface area contributed by atoms with Gasteiger partial charge >= 0.3 is 0 Å². The monoisotopic (exact) mass is 382 g/mol. The van der Waals surface area contributed by atoms with E-state index in [9.17, 15) is 13.6 Å². The van der Waals surface area contributed by atoms with E-state index in [1.807, 2.05) is 51.1 Å². The second-order valence-corrected chi connectivity index (χ2v) is 7.25. The van der Waals surface area contributed by atoms with Crippen molar-refractivity contribution in [2.45, 2.75) is 39.3 Å². The van der Waals surface area contributed by atoms with E-state index in [1.165, 1.54) is 12.1 Å². The highest BCUT2D eigenvalue weighted by Crippen LogP contribution is 2.34. The van der Waals surface area contributed by atoms with Gasteiger partial charge in [0.25, 0.3) is 0 Å². The largest absolute Gasteiger partial charge is 0.349 e. The van der Waals surface area contributed by atoms with Crippen molar-refractivity contribution in [1.29, 1.82) is 0 Å². The molecule has 2 rings (SSSR count). The smallest absolute Gasteiger partial charge is 0.222 e. The minimum atomic E-state index is -0.674. The molecular formula is C20H25ClF2N2O. The molecule has 0 aliphatic rings. The highest BCUT2D eigenvalue weighted by atomic mass is 35.5. The Labute approximate surface area is 159 Å². The third kappa shape index (κ3) is 5.78. The van der Waals surface area contributed by atoms with E-state index >= 15 is 0 Å². The first-order chi connectivity index (χ1) is 11.7. The van der Waals surface area contributed by atoms with Crippen molar-refractivity contribution in [3.05, 3.63) is 71.3 Å². The third-order valence-electron chi connectivity index (χ3n) is 4.08. The number of rotatable bonds is 5. The lowest BCUT2D eigenvalue weighted by atomic mass is 9.82. The summed E-state index contributed by atoms with van der Waals surface area (Å²) >= 11 is 0. The molecule has 26 heavy (non-hydrogen) atoms. The van der Waals surface area contributed by atoms with Crippen LogP contribution in [0.3, 0.4) is 0 Å². The Morgan fingerprint density at radius 1 is 1.12 bits per heavy atom. The Morgan fingerprint density at radius 3 is 2.27 bits per heavy atom. The lowest BCUT2D eigenvalue weighted by Gasteiger charge is -2.32. The van der Waals surface area contributed by atoms with Crippen LogP contribution < -0.4 is 11.1 Å². The van der Waals surface area contributed by atoms with E-state index in [1.54, 1.807) is 0 Å². The fourth-order valence-corrected chi connectivity index (χ4v) is 2.73.